The Hall–Kier alpha value is -1.81. The number of halogens is 1. The number of nitrogens with zero attached hydrogens (tertiary/aromatic N) is 4. The smallest absolute Gasteiger partial charge is 0.235 e. The van der Waals surface area contributed by atoms with E-state index in [1.165, 1.54) is 34.0 Å². The van der Waals surface area contributed by atoms with Gasteiger partial charge in [0, 0.05) is 48.0 Å². The van der Waals surface area contributed by atoms with Crippen molar-refractivity contribution >= 4 is 40.3 Å². The minimum Gasteiger partial charge on any atom is -0.339 e. The van der Waals surface area contributed by atoms with Gasteiger partial charge in [0.25, 0.3) is 0 Å². The maximum Gasteiger partial charge on any atom is 0.235 e. The van der Waals surface area contributed by atoms with Crippen molar-refractivity contribution in [2.45, 2.75) is 23.1 Å². The molecule has 1 fully saturated rings. The van der Waals surface area contributed by atoms with Crippen molar-refractivity contribution in [2.24, 2.45) is 0 Å². The minimum atomic E-state index is -0.187. The van der Waals surface area contributed by atoms with Gasteiger partial charge in [-0.15, -0.1) is 21.5 Å². The van der Waals surface area contributed by atoms with E-state index in [2.05, 4.69) is 21.2 Å². The predicted octanol–water partition coefficient (Wildman–Crippen LogP) is 4.23. The fourth-order valence-corrected chi connectivity index (χ4v) is 6.08. The van der Waals surface area contributed by atoms with E-state index in [0.717, 1.165) is 41.9 Å². The minimum absolute atomic E-state index is 0.155. The van der Waals surface area contributed by atoms with Gasteiger partial charge in [0.1, 0.15) is 11.3 Å². The Labute approximate surface area is 181 Å². The molecule has 9 heteroatoms. The van der Waals surface area contributed by atoms with E-state index in [-0.39, 0.29) is 17.0 Å². The highest BCUT2D eigenvalue weighted by Crippen LogP contribution is 2.31. The number of carbonyl (C=O) groups is 1. The third-order valence-corrected chi connectivity index (χ3v) is 7.83. The van der Waals surface area contributed by atoms with Crippen molar-refractivity contribution in [3.05, 3.63) is 52.6 Å². The fourth-order valence-electron chi connectivity index (χ4n) is 3.29. The summed E-state index contributed by atoms with van der Waals surface area (Å²) >= 11 is 4.56. The zero-order valence-electron chi connectivity index (χ0n) is 16.0. The van der Waals surface area contributed by atoms with Crippen LogP contribution in [-0.4, -0.2) is 57.3 Å². The van der Waals surface area contributed by atoms with Crippen molar-refractivity contribution in [1.82, 2.24) is 20.0 Å². The first-order valence-electron chi connectivity index (χ1n) is 9.38. The number of rotatable bonds is 6. The molecule has 0 unspecified atom stereocenters. The number of hydrogen-bond acceptors (Lipinski definition) is 7. The van der Waals surface area contributed by atoms with Crippen molar-refractivity contribution in [1.29, 1.82) is 0 Å². The molecule has 0 spiro atoms. The highest BCUT2D eigenvalue weighted by atomic mass is 32.2. The highest BCUT2D eigenvalue weighted by Gasteiger charge is 2.26. The molecule has 1 aromatic carbocycles. The summed E-state index contributed by atoms with van der Waals surface area (Å²) < 4.78 is 14.8. The maximum atomic E-state index is 14.0. The summed E-state index contributed by atoms with van der Waals surface area (Å²) in [4.78, 5) is 19.1. The molecule has 3 heterocycles. The molecule has 3 aromatic rings. The summed E-state index contributed by atoms with van der Waals surface area (Å²) in [6.45, 7) is 5.90. The first-order chi connectivity index (χ1) is 14.1. The lowest BCUT2D eigenvalue weighted by Crippen LogP contribution is -2.50. The predicted molar refractivity (Wildman–Crippen MR) is 117 cm³/mol. The third-order valence-electron chi connectivity index (χ3n) is 4.83. The van der Waals surface area contributed by atoms with E-state index in [1.54, 1.807) is 22.9 Å². The summed E-state index contributed by atoms with van der Waals surface area (Å²) in [5, 5.41) is 7.66. The monoisotopic (exact) mass is 448 g/mol. The van der Waals surface area contributed by atoms with Crippen LogP contribution in [0.15, 0.2) is 46.2 Å². The Morgan fingerprint density at radius 2 is 2.00 bits per heavy atom. The molecule has 0 aliphatic carbocycles. The van der Waals surface area contributed by atoms with Crippen LogP contribution in [0.5, 0.6) is 0 Å². The van der Waals surface area contributed by atoms with Crippen molar-refractivity contribution in [3.8, 4) is 10.4 Å². The van der Waals surface area contributed by atoms with Crippen LogP contribution in [0, 0.1) is 5.82 Å². The van der Waals surface area contributed by atoms with Gasteiger partial charge >= 0.3 is 0 Å². The molecular weight excluding hydrogens is 427 g/mol. The van der Waals surface area contributed by atoms with Crippen LogP contribution in [-0.2, 0) is 11.3 Å². The van der Waals surface area contributed by atoms with Crippen molar-refractivity contribution < 1.29 is 9.18 Å². The van der Waals surface area contributed by atoms with Gasteiger partial charge in [0.2, 0.25) is 5.91 Å². The van der Waals surface area contributed by atoms with E-state index in [4.69, 9.17) is 0 Å². The van der Waals surface area contributed by atoms with Gasteiger partial charge in [-0.2, -0.15) is 0 Å². The van der Waals surface area contributed by atoms with Crippen LogP contribution >= 0.6 is 34.4 Å². The van der Waals surface area contributed by atoms with Crippen molar-refractivity contribution in [2.75, 3.05) is 26.2 Å². The Morgan fingerprint density at radius 3 is 2.72 bits per heavy atom. The van der Waals surface area contributed by atoms with Crippen LogP contribution in [0.1, 0.15) is 11.8 Å². The normalized spacial score (nSPS) is 16.1. The van der Waals surface area contributed by atoms with Gasteiger partial charge in [-0.1, -0.05) is 41.3 Å². The SMILES string of the molecule is C[C@H](Sc1nncs1)C(=O)N1CCN(Cc2ccc(-c3ccccc3F)s2)CC1. The van der Waals surface area contributed by atoms with E-state index >= 15 is 0 Å². The van der Waals surface area contributed by atoms with Gasteiger partial charge in [-0.25, -0.2) is 4.39 Å². The lowest BCUT2D eigenvalue weighted by Gasteiger charge is -2.35. The Morgan fingerprint density at radius 1 is 1.21 bits per heavy atom. The first kappa shape index (κ1) is 20.5. The summed E-state index contributed by atoms with van der Waals surface area (Å²) in [5.74, 6) is -0.0311. The molecular formula is C20H21FN4OS3. The number of thiophene rings is 1. The largest absolute Gasteiger partial charge is 0.339 e. The zero-order valence-corrected chi connectivity index (χ0v) is 18.4. The summed E-state index contributed by atoms with van der Waals surface area (Å²) in [6.07, 6.45) is 0. The molecule has 1 atom stereocenters. The van der Waals surface area contributed by atoms with E-state index in [1.807, 2.05) is 30.0 Å². The number of benzene rings is 1. The molecule has 0 N–H and O–H groups in total. The van der Waals surface area contributed by atoms with E-state index in [0.29, 0.717) is 5.56 Å². The summed E-state index contributed by atoms with van der Waals surface area (Å²) in [6, 6.07) is 10.9. The third kappa shape index (κ3) is 5.03. The number of piperazine rings is 1. The maximum absolute atomic E-state index is 14.0. The van der Waals surface area contributed by atoms with Crippen LogP contribution in [0.3, 0.4) is 0 Å². The molecule has 1 saturated heterocycles. The molecule has 1 aliphatic rings. The van der Waals surface area contributed by atoms with Gasteiger partial charge in [-0.3, -0.25) is 9.69 Å². The molecule has 1 aliphatic heterocycles. The van der Waals surface area contributed by atoms with Gasteiger partial charge in [0.15, 0.2) is 4.34 Å². The van der Waals surface area contributed by atoms with Gasteiger partial charge < -0.3 is 4.90 Å². The summed E-state index contributed by atoms with van der Waals surface area (Å²) in [5.41, 5.74) is 2.33. The van der Waals surface area contributed by atoms with Crippen molar-refractivity contribution in [3.63, 3.8) is 0 Å². The average Bonchev–Trinajstić information content (AvgIpc) is 3.40. The molecule has 0 radical (unpaired) electrons. The standard InChI is InChI=1S/C20H21FN4OS3/c1-14(28-20-23-22-13-27-20)19(26)25-10-8-24(9-11-25)12-15-6-7-18(29-15)16-4-2-3-5-17(16)21/h2-7,13-14H,8-12H2,1H3/t14-/m0/s1. The second-order valence-corrected chi connectivity index (χ2v) is 10.4. The van der Waals surface area contributed by atoms with Crippen LogP contribution < -0.4 is 0 Å². The lowest BCUT2D eigenvalue weighted by molar-refractivity contribution is -0.132. The first-order valence-corrected chi connectivity index (χ1v) is 12.0. The van der Waals surface area contributed by atoms with Crippen LogP contribution in [0.4, 0.5) is 4.39 Å². The lowest BCUT2D eigenvalue weighted by atomic mass is 10.2. The average molecular weight is 449 g/mol. The van der Waals surface area contributed by atoms with Gasteiger partial charge in [0.05, 0.1) is 5.25 Å². The molecule has 5 nitrogen and oxygen atoms in total. The Balaban J connectivity index is 1.29. The van der Waals surface area contributed by atoms with E-state index in [9.17, 15) is 9.18 Å². The number of aromatic nitrogens is 2. The molecule has 152 valence electrons. The topological polar surface area (TPSA) is 49.3 Å². The number of hydrogen-bond donors (Lipinski definition) is 0. The molecule has 0 bridgehead atoms. The number of carbonyl (C=O) groups excluding carboxylic acids is 1. The second-order valence-electron chi connectivity index (χ2n) is 6.81. The molecule has 4 rings (SSSR count). The zero-order chi connectivity index (χ0) is 20.2. The van der Waals surface area contributed by atoms with Crippen LogP contribution in [0.25, 0.3) is 10.4 Å². The molecule has 2 aromatic heterocycles. The van der Waals surface area contributed by atoms with Gasteiger partial charge in [-0.05, 0) is 25.1 Å². The second kappa shape index (κ2) is 9.34. The highest BCUT2D eigenvalue weighted by molar-refractivity contribution is 8.02. The Kier molecular flexibility index (Phi) is 6.59. The molecule has 0 saturated carbocycles. The molecule has 1 amide bonds. The summed E-state index contributed by atoms with van der Waals surface area (Å²) in [7, 11) is 0. The fraction of sp³-hybridized carbons (Fsp3) is 0.350. The van der Waals surface area contributed by atoms with Crippen LogP contribution in [0.2, 0.25) is 0 Å². The quantitative estimate of drug-likeness (QED) is 0.528. The Bertz CT molecular complexity index is 954. The number of amides is 1. The molecule has 29 heavy (non-hydrogen) atoms. The van der Waals surface area contributed by atoms with E-state index < -0.39 is 0 Å². The number of thioether (sulfide) groups is 1.